The average molecular weight is 867 g/mol. The van der Waals surface area contributed by atoms with Gasteiger partial charge in [0.25, 0.3) is 0 Å². The van der Waals surface area contributed by atoms with Crippen LogP contribution in [0.25, 0.3) is 53.5 Å². The van der Waals surface area contributed by atoms with Crippen LogP contribution in [0.1, 0.15) is 165 Å². The molecule has 61 heavy (non-hydrogen) atoms. The summed E-state index contributed by atoms with van der Waals surface area (Å²) in [6.45, 7) is 13.8. The quantitative estimate of drug-likeness (QED) is 0.0423. The van der Waals surface area contributed by atoms with Crippen LogP contribution in [-0.2, 0) is 12.8 Å². The van der Waals surface area contributed by atoms with E-state index in [2.05, 4.69) is 114 Å². The Balaban J connectivity index is 1.28. The van der Waals surface area contributed by atoms with Crippen molar-refractivity contribution in [3.8, 4) is 42.4 Å². The van der Waals surface area contributed by atoms with Crippen molar-refractivity contribution in [1.82, 2.24) is 9.97 Å². The highest BCUT2D eigenvalue weighted by Gasteiger charge is 2.44. The standard InChI is InChI=1S/C56H74N2S2Si/c1-7-11-15-17-19-23-37-61(38-24-20-18-16-12-8-2)53-39-41(5)27-30-44(53)45-31-29-43(40-54(45)61)50-35-36-52(60-50)47-33-32-46(51-34-28-42(6)59-51)55-56(47)58-49(26-22-14-10-4)48(57-55)25-21-13-9-3/h27-36,39-40H,7-26,37-38H2,1-6H3. The second kappa shape index (κ2) is 22.3. The molecule has 0 radical (unpaired) electrons. The lowest BCUT2D eigenvalue weighted by Gasteiger charge is -2.31. The van der Waals surface area contributed by atoms with Crippen LogP contribution in [0, 0.1) is 13.8 Å². The van der Waals surface area contributed by atoms with Gasteiger partial charge in [-0.15, -0.1) is 22.7 Å². The molecule has 0 aliphatic carbocycles. The normalized spacial score (nSPS) is 13.0. The smallest absolute Gasteiger partial charge is 0.119 e. The van der Waals surface area contributed by atoms with Gasteiger partial charge in [0.2, 0.25) is 0 Å². The highest BCUT2D eigenvalue weighted by atomic mass is 32.1. The van der Waals surface area contributed by atoms with E-state index in [1.165, 1.54) is 192 Å². The molecule has 0 amide bonds. The molecule has 4 heterocycles. The molecular formula is C56H74N2S2Si. The van der Waals surface area contributed by atoms with Crippen LogP contribution in [0.5, 0.6) is 0 Å². The maximum atomic E-state index is 5.63. The zero-order chi connectivity index (χ0) is 42.6. The molecule has 3 aromatic carbocycles. The van der Waals surface area contributed by atoms with Gasteiger partial charge >= 0.3 is 0 Å². The van der Waals surface area contributed by atoms with E-state index in [4.69, 9.17) is 9.97 Å². The minimum atomic E-state index is -1.99. The third-order valence-electron chi connectivity index (χ3n) is 13.6. The van der Waals surface area contributed by atoms with Crippen LogP contribution in [0.2, 0.25) is 12.1 Å². The number of fused-ring (bicyclic) bond motifs is 4. The molecule has 7 rings (SSSR count). The molecule has 0 bridgehead atoms. The fourth-order valence-electron chi connectivity index (χ4n) is 10.1. The molecule has 0 N–H and O–H groups in total. The van der Waals surface area contributed by atoms with E-state index in [1.54, 1.807) is 10.4 Å². The topological polar surface area (TPSA) is 25.8 Å². The lowest BCUT2D eigenvalue weighted by molar-refractivity contribution is 0.616. The van der Waals surface area contributed by atoms with Crippen molar-refractivity contribution in [3.63, 3.8) is 0 Å². The number of aryl methyl sites for hydroxylation is 4. The van der Waals surface area contributed by atoms with Gasteiger partial charge in [-0.2, -0.15) is 0 Å². The summed E-state index contributed by atoms with van der Waals surface area (Å²) < 4.78 is 0. The Kier molecular flexibility index (Phi) is 16.7. The number of thiophene rings is 2. The van der Waals surface area contributed by atoms with Crippen LogP contribution in [0.4, 0.5) is 0 Å². The Hall–Kier alpha value is -3.38. The Labute approximate surface area is 379 Å². The molecule has 6 aromatic rings. The summed E-state index contributed by atoms with van der Waals surface area (Å²) in [5, 5.41) is 3.46. The van der Waals surface area contributed by atoms with E-state index >= 15 is 0 Å². The van der Waals surface area contributed by atoms with E-state index in [-0.39, 0.29) is 0 Å². The van der Waals surface area contributed by atoms with Crippen molar-refractivity contribution < 1.29 is 0 Å². The molecule has 0 fully saturated rings. The Morgan fingerprint density at radius 2 is 0.885 bits per heavy atom. The summed E-state index contributed by atoms with van der Waals surface area (Å²) in [6.07, 6.45) is 25.7. The predicted octanol–water partition coefficient (Wildman–Crippen LogP) is 17.1. The van der Waals surface area contributed by atoms with E-state index < -0.39 is 8.07 Å². The zero-order valence-electron chi connectivity index (χ0n) is 38.7. The maximum Gasteiger partial charge on any atom is 0.119 e. The largest absolute Gasteiger partial charge is 0.249 e. The molecule has 5 heteroatoms. The van der Waals surface area contributed by atoms with Gasteiger partial charge in [-0.1, -0.05) is 185 Å². The van der Waals surface area contributed by atoms with Gasteiger partial charge in [0, 0.05) is 30.6 Å². The van der Waals surface area contributed by atoms with Gasteiger partial charge < -0.3 is 0 Å². The Morgan fingerprint density at radius 3 is 1.44 bits per heavy atom. The summed E-state index contributed by atoms with van der Waals surface area (Å²) in [7, 11) is -1.99. The molecular weight excluding hydrogens is 793 g/mol. The first-order valence-electron chi connectivity index (χ1n) is 24.7. The first kappa shape index (κ1) is 45.6. The highest BCUT2D eigenvalue weighted by molar-refractivity contribution is 7.19. The number of nitrogens with zero attached hydrogens (tertiary/aromatic N) is 2. The van der Waals surface area contributed by atoms with E-state index in [0.717, 1.165) is 23.9 Å². The zero-order valence-corrected chi connectivity index (χ0v) is 41.3. The van der Waals surface area contributed by atoms with Gasteiger partial charge in [0.15, 0.2) is 0 Å². The Bertz CT molecular complexity index is 2320. The average Bonchev–Trinajstić information content (AvgIpc) is 4.00. The van der Waals surface area contributed by atoms with Crippen LogP contribution in [0.15, 0.2) is 72.8 Å². The summed E-state index contributed by atoms with van der Waals surface area (Å²) in [5.74, 6) is 0. The van der Waals surface area contributed by atoms with Crippen molar-refractivity contribution in [2.24, 2.45) is 0 Å². The van der Waals surface area contributed by atoms with Gasteiger partial charge in [0.05, 0.1) is 22.4 Å². The third kappa shape index (κ3) is 10.7. The van der Waals surface area contributed by atoms with Crippen molar-refractivity contribution in [2.45, 2.75) is 182 Å². The van der Waals surface area contributed by atoms with Gasteiger partial charge in [-0.05, 0) is 103 Å². The van der Waals surface area contributed by atoms with Crippen molar-refractivity contribution >= 4 is 52.2 Å². The first-order valence-corrected chi connectivity index (χ1v) is 28.7. The van der Waals surface area contributed by atoms with Crippen LogP contribution in [0.3, 0.4) is 0 Å². The maximum absolute atomic E-state index is 5.63. The fourth-order valence-corrected chi connectivity index (χ4v) is 17.8. The second-order valence-corrected chi connectivity index (χ2v) is 25.0. The summed E-state index contributed by atoms with van der Waals surface area (Å²) in [5.41, 5.74) is 12.9. The van der Waals surface area contributed by atoms with Crippen LogP contribution >= 0.6 is 22.7 Å². The van der Waals surface area contributed by atoms with Crippen molar-refractivity contribution in [3.05, 3.63) is 94.6 Å². The molecule has 0 saturated carbocycles. The van der Waals surface area contributed by atoms with Crippen LogP contribution in [-0.4, -0.2) is 18.0 Å². The minimum absolute atomic E-state index is 1.01. The lowest BCUT2D eigenvalue weighted by atomic mass is 10.0. The number of hydrogen-bond donors (Lipinski definition) is 0. The number of unbranched alkanes of at least 4 members (excludes halogenated alkanes) is 14. The molecule has 324 valence electrons. The molecule has 3 aromatic heterocycles. The molecule has 0 saturated heterocycles. The van der Waals surface area contributed by atoms with Crippen LogP contribution < -0.4 is 10.4 Å². The molecule has 1 aliphatic rings. The first-order chi connectivity index (χ1) is 29.9. The summed E-state index contributed by atoms with van der Waals surface area (Å²) in [6, 6.07) is 31.9. The predicted molar refractivity (Wildman–Crippen MR) is 274 cm³/mol. The van der Waals surface area contributed by atoms with E-state index in [9.17, 15) is 0 Å². The molecule has 2 nitrogen and oxygen atoms in total. The lowest BCUT2D eigenvalue weighted by Crippen LogP contribution is -2.55. The molecule has 0 spiro atoms. The van der Waals surface area contributed by atoms with Crippen molar-refractivity contribution in [2.75, 3.05) is 0 Å². The van der Waals surface area contributed by atoms with Gasteiger partial charge in [-0.25, -0.2) is 9.97 Å². The van der Waals surface area contributed by atoms with Crippen molar-refractivity contribution in [1.29, 1.82) is 0 Å². The van der Waals surface area contributed by atoms with Gasteiger partial charge in [-0.3, -0.25) is 0 Å². The SMILES string of the molecule is CCCCCCCC[Si]1(CCCCCCCC)c2cc(C)ccc2-c2ccc(-c3ccc(-c4ccc(-c5ccc(C)s5)c5nc(CCCCC)c(CCCCC)nc45)s3)cc21. The van der Waals surface area contributed by atoms with E-state index in [1.807, 2.05) is 22.7 Å². The number of rotatable bonds is 25. The van der Waals surface area contributed by atoms with E-state index in [0.29, 0.717) is 0 Å². The van der Waals surface area contributed by atoms with Gasteiger partial charge in [0.1, 0.15) is 8.07 Å². The molecule has 0 unspecified atom stereocenters. The highest BCUT2D eigenvalue weighted by Crippen LogP contribution is 2.43. The Morgan fingerprint density at radius 1 is 0.426 bits per heavy atom. The minimum Gasteiger partial charge on any atom is -0.249 e. The summed E-state index contributed by atoms with van der Waals surface area (Å²) >= 11 is 3.82. The molecule has 0 atom stereocenters. The number of benzene rings is 3. The third-order valence-corrected chi connectivity index (χ3v) is 21.1. The summed E-state index contributed by atoms with van der Waals surface area (Å²) in [4.78, 5) is 16.5. The number of hydrogen-bond acceptors (Lipinski definition) is 4. The second-order valence-electron chi connectivity index (χ2n) is 18.4. The monoisotopic (exact) mass is 867 g/mol. The fraction of sp³-hybridized carbons (Fsp3) is 0.500. The number of aromatic nitrogens is 2. The molecule has 1 aliphatic heterocycles.